The van der Waals surface area contributed by atoms with Crippen molar-refractivity contribution in [1.82, 2.24) is 5.32 Å². The largest absolute Gasteiger partial charge is 0.311 e. The zero-order chi connectivity index (χ0) is 10.7. The molecule has 1 aliphatic rings. The molecular weight excluding hydrogens is 209 g/mol. The van der Waals surface area contributed by atoms with E-state index < -0.39 is 0 Å². The van der Waals surface area contributed by atoms with E-state index in [2.05, 4.69) is 11.6 Å². The zero-order valence-electron chi connectivity index (χ0n) is 8.92. The topological polar surface area (TPSA) is 12.0 Å². The molecule has 1 aromatic carbocycles. The first-order chi connectivity index (χ1) is 7.24. The molecular formula is C12H16FNS. The van der Waals surface area contributed by atoms with E-state index in [1.54, 1.807) is 12.1 Å². The van der Waals surface area contributed by atoms with Crippen LogP contribution in [0, 0.1) is 5.82 Å². The van der Waals surface area contributed by atoms with E-state index in [1.807, 2.05) is 17.8 Å². The van der Waals surface area contributed by atoms with Crippen LogP contribution < -0.4 is 5.32 Å². The maximum absolute atomic E-state index is 12.9. The number of hydrogen-bond donors (Lipinski definition) is 1. The Morgan fingerprint density at radius 1 is 1.47 bits per heavy atom. The average molecular weight is 225 g/mol. The van der Waals surface area contributed by atoms with Crippen molar-refractivity contribution in [3.05, 3.63) is 35.6 Å². The first-order valence-corrected chi connectivity index (χ1v) is 6.47. The molecule has 0 unspecified atom stereocenters. The Morgan fingerprint density at radius 3 is 2.87 bits per heavy atom. The van der Waals surface area contributed by atoms with E-state index in [-0.39, 0.29) is 5.82 Å². The number of halogens is 1. The normalized spacial score (nSPS) is 17.7. The molecule has 0 radical (unpaired) electrons. The number of rotatable bonds is 5. The van der Waals surface area contributed by atoms with Crippen LogP contribution in [0.15, 0.2) is 24.3 Å². The van der Waals surface area contributed by atoms with Gasteiger partial charge in [0.15, 0.2) is 0 Å². The minimum atomic E-state index is -0.152. The van der Waals surface area contributed by atoms with Gasteiger partial charge in [-0.15, -0.1) is 0 Å². The molecule has 0 heterocycles. The fourth-order valence-corrected chi connectivity index (χ4v) is 2.43. The van der Waals surface area contributed by atoms with Crippen LogP contribution in [0.2, 0.25) is 0 Å². The Labute approximate surface area is 94.5 Å². The molecule has 0 spiro atoms. The van der Waals surface area contributed by atoms with Crippen LogP contribution in [0.3, 0.4) is 0 Å². The van der Waals surface area contributed by atoms with Gasteiger partial charge in [0.05, 0.1) is 0 Å². The minimum Gasteiger partial charge on any atom is -0.311 e. The second-order valence-corrected chi connectivity index (χ2v) is 5.39. The molecule has 0 atom stereocenters. The highest BCUT2D eigenvalue weighted by molar-refractivity contribution is 8.00. The van der Waals surface area contributed by atoms with Crippen molar-refractivity contribution >= 4 is 11.8 Å². The summed E-state index contributed by atoms with van der Waals surface area (Å²) in [6.07, 6.45) is 4.78. The first-order valence-electron chi connectivity index (χ1n) is 5.24. The van der Waals surface area contributed by atoms with Crippen molar-refractivity contribution in [2.24, 2.45) is 0 Å². The summed E-state index contributed by atoms with van der Waals surface area (Å²) >= 11 is 1.94. The molecule has 82 valence electrons. The van der Waals surface area contributed by atoms with Crippen LogP contribution in [0.25, 0.3) is 0 Å². The molecule has 1 aliphatic carbocycles. The Hall–Kier alpha value is -0.540. The highest BCUT2D eigenvalue weighted by Crippen LogP contribution is 2.46. The van der Waals surface area contributed by atoms with Gasteiger partial charge in [0.1, 0.15) is 5.82 Å². The van der Waals surface area contributed by atoms with Crippen LogP contribution in [-0.2, 0) is 6.54 Å². The molecule has 1 fully saturated rings. The first kappa shape index (κ1) is 11.0. The second-order valence-electron chi connectivity index (χ2n) is 4.12. The van der Waals surface area contributed by atoms with Crippen molar-refractivity contribution in [2.75, 3.05) is 12.8 Å². The Kier molecular flexibility index (Phi) is 3.32. The molecule has 0 bridgehead atoms. The van der Waals surface area contributed by atoms with Crippen molar-refractivity contribution in [3.8, 4) is 0 Å². The molecule has 3 heteroatoms. The number of hydrogen-bond acceptors (Lipinski definition) is 2. The van der Waals surface area contributed by atoms with Gasteiger partial charge < -0.3 is 5.32 Å². The lowest BCUT2D eigenvalue weighted by Gasteiger charge is -2.12. The fourth-order valence-electron chi connectivity index (χ4n) is 1.67. The molecule has 1 aromatic rings. The third-order valence-electron chi connectivity index (χ3n) is 2.91. The van der Waals surface area contributed by atoms with Crippen LogP contribution in [0.5, 0.6) is 0 Å². The van der Waals surface area contributed by atoms with Gasteiger partial charge in [0, 0.05) is 17.8 Å². The number of nitrogens with one attached hydrogen (secondary N) is 1. The molecule has 1 nitrogen and oxygen atoms in total. The van der Waals surface area contributed by atoms with Gasteiger partial charge in [-0.05, 0) is 36.8 Å². The van der Waals surface area contributed by atoms with E-state index in [0.717, 1.165) is 18.7 Å². The van der Waals surface area contributed by atoms with E-state index >= 15 is 0 Å². The monoisotopic (exact) mass is 225 g/mol. The third-order valence-corrected chi connectivity index (χ3v) is 4.32. The van der Waals surface area contributed by atoms with Gasteiger partial charge in [-0.25, -0.2) is 4.39 Å². The summed E-state index contributed by atoms with van der Waals surface area (Å²) in [4.78, 5) is 0. The van der Waals surface area contributed by atoms with Gasteiger partial charge >= 0.3 is 0 Å². The smallest absolute Gasteiger partial charge is 0.123 e. The molecule has 0 amide bonds. The predicted molar refractivity (Wildman–Crippen MR) is 63.6 cm³/mol. The highest BCUT2D eigenvalue weighted by atomic mass is 32.2. The van der Waals surface area contributed by atoms with Gasteiger partial charge in [0.2, 0.25) is 0 Å². The van der Waals surface area contributed by atoms with Crippen LogP contribution in [0.1, 0.15) is 18.4 Å². The lowest BCUT2D eigenvalue weighted by molar-refractivity contribution is 0.618. The van der Waals surface area contributed by atoms with E-state index in [0.29, 0.717) is 4.75 Å². The van der Waals surface area contributed by atoms with Crippen molar-refractivity contribution in [1.29, 1.82) is 0 Å². The molecule has 1 N–H and O–H groups in total. The Morgan fingerprint density at radius 2 is 2.27 bits per heavy atom. The maximum atomic E-state index is 12.9. The summed E-state index contributed by atoms with van der Waals surface area (Å²) in [5.74, 6) is -0.152. The molecule has 0 aliphatic heterocycles. The van der Waals surface area contributed by atoms with Gasteiger partial charge in [-0.1, -0.05) is 12.1 Å². The van der Waals surface area contributed by atoms with Gasteiger partial charge in [-0.2, -0.15) is 11.8 Å². The summed E-state index contributed by atoms with van der Waals surface area (Å²) in [5.41, 5.74) is 1.02. The van der Waals surface area contributed by atoms with Crippen LogP contribution in [0.4, 0.5) is 4.39 Å². The summed E-state index contributed by atoms with van der Waals surface area (Å²) in [5, 5.41) is 3.40. The van der Waals surface area contributed by atoms with Crippen molar-refractivity contribution in [2.45, 2.75) is 24.1 Å². The molecule has 15 heavy (non-hydrogen) atoms. The van der Waals surface area contributed by atoms with E-state index in [1.165, 1.54) is 18.9 Å². The lowest BCUT2D eigenvalue weighted by Crippen LogP contribution is -2.25. The zero-order valence-corrected chi connectivity index (χ0v) is 9.74. The predicted octanol–water partition coefficient (Wildman–Crippen LogP) is 2.81. The molecule has 2 rings (SSSR count). The average Bonchev–Trinajstić information content (AvgIpc) is 2.99. The van der Waals surface area contributed by atoms with Gasteiger partial charge in [0.25, 0.3) is 0 Å². The number of thioether (sulfide) groups is 1. The Bertz CT molecular complexity index is 336. The Balaban J connectivity index is 1.78. The summed E-state index contributed by atoms with van der Waals surface area (Å²) < 4.78 is 13.4. The quantitative estimate of drug-likeness (QED) is 0.827. The lowest BCUT2D eigenvalue weighted by atomic mass is 10.2. The number of benzene rings is 1. The standard InChI is InChI=1S/C12H16FNS/c1-15-12(5-6-12)9-14-8-10-3-2-4-11(13)7-10/h2-4,7,14H,5-6,8-9H2,1H3. The molecule has 0 aromatic heterocycles. The summed E-state index contributed by atoms with van der Waals surface area (Å²) in [7, 11) is 0. The van der Waals surface area contributed by atoms with E-state index in [4.69, 9.17) is 0 Å². The fraction of sp³-hybridized carbons (Fsp3) is 0.500. The van der Waals surface area contributed by atoms with Crippen LogP contribution >= 0.6 is 11.8 Å². The van der Waals surface area contributed by atoms with Crippen molar-refractivity contribution in [3.63, 3.8) is 0 Å². The highest BCUT2D eigenvalue weighted by Gasteiger charge is 2.41. The summed E-state index contributed by atoms with van der Waals surface area (Å²) in [6.45, 7) is 1.80. The van der Waals surface area contributed by atoms with Gasteiger partial charge in [-0.3, -0.25) is 0 Å². The summed E-state index contributed by atoms with van der Waals surface area (Å²) in [6, 6.07) is 6.78. The third kappa shape index (κ3) is 2.95. The maximum Gasteiger partial charge on any atom is 0.123 e. The second kappa shape index (κ2) is 4.54. The van der Waals surface area contributed by atoms with Crippen molar-refractivity contribution < 1.29 is 4.39 Å². The SMILES string of the molecule is CSC1(CNCc2cccc(F)c2)CC1. The van der Waals surface area contributed by atoms with E-state index in [9.17, 15) is 4.39 Å². The van der Waals surface area contributed by atoms with Crippen LogP contribution in [-0.4, -0.2) is 17.5 Å². The minimum absolute atomic E-state index is 0.152. The molecule has 0 saturated heterocycles. The molecule has 1 saturated carbocycles.